The van der Waals surface area contributed by atoms with E-state index in [1.807, 2.05) is 12.1 Å². The van der Waals surface area contributed by atoms with E-state index in [-0.39, 0.29) is 6.10 Å². The second kappa shape index (κ2) is 8.09. The fraction of sp³-hybridized carbons (Fsp3) is 0.571. The van der Waals surface area contributed by atoms with Crippen LogP contribution in [0.5, 0.6) is 5.75 Å². The van der Waals surface area contributed by atoms with Crippen LogP contribution in [0.15, 0.2) is 24.3 Å². The molecule has 0 fully saturated rings. The molecule has 0 amide bonds. The van der Waals surface area contributed by atoms with Crippen molar-refractivity contribution >= 4 is 0 Å². The number of rotatable bonds is 8. The van der Waals surface area contributed by atoms with Crippen LogP contribution in [0.3, 0.4) is 0 Å². The van der Waals surface area contributed by atoms with Crippen molar-refractivity contribution in [1.82, 2.24) is 5.32 Å². The van der Waals surface area contributed by atoms with E-state index < -0.39 is 0 Å². The highest BCUT2D eigenvalue weighted by molar-refractivity contribution is 5.28. The Labute approximate surface area is 104 Å². The summed E-state index contributed by atoms with van der Waals surface area (Å²) >= 11 is 0. The van der Waals surface area contributed by atoms with Crippen LogP contribution >= 0.6 is 0 Å². The Morgan fingerprint density at radius 1 is 1.29 bits per heavy atom. The van der Waals surface area contributed by atoms with E-state index >= 15 is 0 Å². The van der Waals surface area contributed by atoms with Gasteiger partial charge in [0, 0.05) is 13.7 Å². The summed E-state index contributed by atoms with van der Waals surface area (Å²) < 4.78 is 11.1. The molecule has 3 heteroatoms. The van der Waals surface area contributed by atoms with Crippen molar-refractivity contribution in [2.75, 3.05) is 26.8 Å². The Bertz CT molecular complexity index is 315. The van der Waals surface area contributed by atoms with Gasteiger partial charge in [-0.05, 0) is 30.7 Å². The van der Waals surface area contributed by atoms with Crippen molar-refractivity contribution in [2.24, 2.45) is 0 Å². The smallest absolute Gasteiger partial charge is 0.134 e. The average molecular weight is 237 g/mol. The maximum Gasteiger partial charge on any atom is 0.134 e. The highest BCUT2D eigenvalue weighted by atomic mass is 16.5. The summed E-state index contributed by atoms with van der Waals surface area (Å²) in [6, 6.07) is 8.23. The van der Waals surface area contributed by atoms with Gasteiger partial charge < -0.3 is 14.8 Å². The molecule has 3 nitrogen and oxygen atoms in total. The molecule has 1 rings (SSSR count). The molecular formula is C14H23NO2. The minimum absolute atomic E-state index is 0.0621. The molecule has 0 saturated heterocycles. The van der Waals surface area contributed by atoms with Crippen LogP contribution in [0.25, 0.3) is 0 Å². The number of nitrogens with one attached hydrogen (secondary N) is 1. The molecule has 1 atom stereocenters. The maximum atomic E-state index is 5.91. The lowest BCUT2D eigenvalue weighted by molar-refractivity contribution is 0.0809. The van der Waals surface area contributed by atoms with Crippen LogP contribution in [0.1, 0.15) is 19.4 Å². The summed E-state index contributed by atoms with van der Waals surface area (Å²) in [5, 5.41) is 3.28. The third kappa shape index (κ3) is 5.20. The third-order valence-corrected chi connectivity index (χ3v) is 2.58. The predicted octanol–water partition coefficient (Wildman–Crippen LogP) is 2.25. The first-order valence-electron chi connectivity index (χ1n) is 6.25. The van der Waals surface area contributed by atoms with Gasteiger partial charge in [0.1, 0.15) is 11.9 Å². The van der Waals surface area contributed by atoms with Gasteiger partial charge in [-0.25, -0.2) is 0 Å². The van der Waals surface area contributed by atoms with Crippen molar-refractivity contribution in [3.05, 3.63) is 29.8 Å². The standard InChI is InChI=1S/C14H23NO2/c1-4-12-7-6-8-13(9-12)17-14(11-16-3)10-15-5-2/h6-9,14-15H,4-5,10-11H2,1-3H3. The molecule has 0 aliphatic carbocycles. The van der Waals surface area contributed by atoms with E-state index in [9.17, 15) is 0 Å². The van der Waals surface area contributed by atoms with Gasteiger partial charge in [-0.2, -0.15) is 0 Å². The van der Waals surface area contributed by atoms with Crippen molar-refractivity contribution in [3.8, 4) is 5.75 Å². The zero-order chi connectivity index (χ0) is 12.5. The average Bonchev–Trinajstić information content (AvgIpc) is 2.36. The molecule has 0 heterocycles. The van der Waals surface area contributed by atoms with Gasteiger partial charge in [0.15, 0.2) is 0 Å². The molecule has 1 aromatic carbocycles. The first kappa shape index (κ1) is 14.0. The zero-order valence-corrected chi connectivity index (χ0v) is 11.0. The second-order valence-electron chi connectivity index (χ2n) is 4.00. The Morgan fingerprint density at radius 3 is 2.76 bits per heavy atom. The molecule has 17 heavy (non-hydrogen) atoms. The normalized spacial score (nSPS) is 12.4. The molecule has 0 aromatic heterocycles. The molecular weight excluding hydrogens is 214 g/mol. The van der Waals surface area contributed by atoms with Crippen molar-refractivity contribution < 1.29 is 9.47 Å². The summed E-state index contributed by atoms with van der Waals surface area (Å²) in [7, 11) is 1.70. The second-order valence-corrected chi connectivity index (χ2v) is 4.00. The zero-order valence-electron chi connectivity index (χ0n) is 11.0. The Hall–Kier alpha value is -1.06. The van der Waals surface area contributed by atoms with E-state index in [4.69, 9.17) is 9.47 Å². The van der Waals surface area contributed by atoms with Gasteiger partial charge in [0.25, 0.3) is 0 Å². The molecule has 0 saturated carbocycles. The molecule has 0 aliphatic heterocycles. The number of methoxy groups -OCH3 is 1. The number of benzene rings is 1. The summed E-state index contributed by atoms with van der Waals surface area (Å²) in [5.41, 5.74) is 1.29. The van der Waals surface area contributed by atoms with Crippen LogP contribution in [0.2, 0.25) is 0 Å². The van der Waals surface area contributed by atoms with Crippen molar-refractivity contribution in [2.45, 2.75) is 26.4 Å². The highest BCUT2D eigenvalue weighted by Crippen LogP contribution is 2.15. The first-order chi connectivity index (χ1) is 8.30. The van der Waals surface area contributed by atoms with Crippen molar-refractivity contribution in [3.63, 3.8) is 0 Å². The first-order valence-corrected chi connectivity index (χ1v) is 6.25. The number of aryl methyl sites for hydroxylation is 1. The molecule has 1 unspecified atom stereocenters. The fourth-order valence-corrected chi connectivity index (χ4v) is 1.66. The van der Waals surface area contributed by atoms with Gasteiger partial charge in [-0.15, -0.1) is 0 Å². The quantitative estimate of drug-likeness (QED) is 0.752. The summed E-state index contributed by atoms with van der Waals surface area (Å²) in [6.07, 6.45) is 1.09. The molecule has 0 bridgehead atoms. The summed E-state index contributed by atoms with van der Waals surface area (Å²) in [5.74, 6) is 0.921. The molecule has 0 aliphatic rings. The monoisotopic (exact) mass is 237 g/mol. The summed E-state index contributed by atoms with van der Waals surface area (Å²) in [6.45, 7) is 6.58. The molecule has 0 radical (unpaired) electrons. The Balaban J connectivity index is 2.57. The van der Waals surface area contributed by atoms with Crippen LogP contribution in [0, 0.1) is 0 Å². The SMILES string of the molecule is CCNCC(COC)Oc1cccc(CC)c1. The number of ether oxygens (including phenoxy) is 2. The van der Waals surface area contributed by atoms with Gasteiger partial charge in [0.05, 0.1) is 6.61 Å². The summed E-state index contributed by atoms with van der Waals surface area (Å²) in [4.78, 5) is 0. The van der Waals surface area contributed by atoms with Gasteiger partial charge in [-0.3, -0.25) is 0 Å². The van der Waals surface area contributed by atoms with Crippen LogP contribution < -0.4 is 10.1 Å². The van der Waals surface area contributed by atoms with Gasteiger partial charge >= 0.3 is 0 Å². The molecule has 96 valence electrons. The predicted molar refractivity (Wildman–Crippen MR) is 70.7 cm³/mol. The van der Waals surface area contributed by atoms with Crippen LogP contribution in [0.4, 0.5) is 0 Å². The van der Waals surface area contributed by atoms with E-state index in [1.54, 1.807) is 7.11 Å². The van der Waals surface area contributed by atoms with E-state index in [0.717, 1.165) is 25.3 Å². The lowest BCUT2D eigenvalue weighted by Gasteiger charge is -2.19. The van der Waals surface area contributed by atoms with Crippen LogP contribution in [-0.4, -0.2) is 32.9 Å². The lowest BCUT2D eigenvalue weighted by Crippen LogP contribution is -2.34. The van der Waals surface area contributed by atoms with E-state index in [2.05, 4.69) is 31.3 Å². The largest absolute Gasteiger partial charge is 0.487 e. The number of likely N-dealkylation sites (N-methyl/N-ethyl adjacent to an activating group) is 1. The lowest BCUT2D eigenvalue weighted by atomic mass is 10.2. The fourth-order valence-electron chi connectivity index (χ4n) is 1.66. The van der Waals surface area contributed by atoms with Gasteiger partial charge in [0.2, 0.25) is 0 Å². The molecule has 1 N–H and O–H groups in total. The topological polar surface area (TPSA) is 30.5 Å². The van der Waals surface area contributed by atoms with Crippen molar-refractivity contribution in [1.29, 1.82) is 0 Å². The maximum absolute atomic E-state index is 5.91. The van der Waals surface area contributed by atoms with E-state index in [0.29, 0.717) is 6.61 Å². The molecule has 1 aromatic rings. The number of hydrogen-bond donors (Lipinski definition) is 1. The van der Waals surface area contributed by atoms with Gasteiger partial charge in [-0.1, -0.05) is 26.0 Å². The third-order valence-electron chi connectivity index (χ3n) is 2.58. The number of hydrogen-bond acceptors (Lipinski definition) is 3. The Morgan fingerprint density at radius 2 is 2.12 bits per heavy atom. The van der Waals surface area contributed by atoms with E-state index in [1.165, 1.54) is 5.56 Å². The minimum atomic E-state index is 0.0621. The molecule has 0 spiro atoms. The van der Waals surface area contributed by atoms with Crippen LogP contribution in [-0.2, 0) is 11.2 Å². The Kier molecular flexibility index (Phi) is 6.67. The minimum Gasteiger partial charge on any atom is -0.487 e. The highest BCUT2D eigenvalue weighted by Gasteiger charge is 2.09.